The van der Waals surface area contributed by atoms with Crippen LogP contribution in [-0.2, 0) is 25.7 Å². The number of hydrogen-bond acceptors (Lipinski definition) is 7. The first kappa shape index (κ1) is 23.1. The summed E-state index contributed by atoms with van der Waals surface area (Å²) in [4.78, 5) is 56.8. The van der Waals surface area contributed by atoms with Gasteiger partial charge < -0.3 is 9.64 Å². The second-order valence-corrected chi connectivity index (χ2v) is 9.57. The molecule has 4 atom stereocenters. The van der Waals surface area contributed by atoms with Gasteiger partial charge in [0.15, 0.2) is 17.2 Å². The fraction of sp³-hybridized carbons (Fsp3) is 0.583. The van der Waals surface area contributed by atoms with Crippen molar-refractivity contribution in [2.75, 3.05) is 7.11 Å². The highest BCUT2D eigenvalue weighted by molar-refractivity contribution is 6.04. The maximum absolute atomic E-state index is 13.4. The molecule has 9 nitrogen and oxygen atoms in total. The van der Waals surface area contributed by atoms with E-state index in [1.54, 1.807) is 23.2 Å². The Balaban J connectivity index is 1.53. The number of carbonyl (C=O) groups excluding carboxylic acids is 4. The SMILES string of the molecule is COC(=O)[C@@H](CC(=O)[C@@H]1C[C@H]2C[C@H]2N1C(=O)Cn1nc(C(C)=O)c2cccnc21)CC(C)C. The van der Waals surface area contributed by atoms with E-state index in [0.717, 1.165) is 6.42 Å². The first-order valence-corrected chi connectivity index (χ1v) is 11.4. The Morgan fingerprint density at radius 3 is 2.64 bits per heavy atom. The summed E-state index contributed by atoms with van der Waals surface area (Å²) >= 11 is 0. The van der Waals surface area contributed by atoms with Crippen LogP contribution < -0.4 is 0 Å². The molecule has 0 spiro atoms. The molecule has 1 amide bonds. The standard InChI is InChI=1S/C24H30N4O5/c1-13(2)8-16(24(32)33-4)11-20(30)19-10-15-9-18(15)28(19)21(31)12-27-23-17(6-5-7-25-23)22(26-27)14(3)29/h5-7,13,15-16,18-19H,8-12H2,1-4H3/t15-,16-,18-,19+/m1/s1. The van der Waals surface area contributed by atoms with Crippen LogP contribution in [0.1, 0.15) is 56.9 Å². The number of pyridine rings is 1. The molecular formula is C24H30N4O5. The van der Waals surface area contributed by atoms with Crippen LogP contribution >= 0.6 is 0 Å². The summed E-state index contributed by atoms with van der Waals surface area (Å²) in [5.74, 6) is -0.841. The van der Waals surface area contributed by atoms with Crippen LogP contribution in [0.2, 0.25) is 0 Å². The molecular weight excluding hydrogens is 424 g/mol. The van der Waals surface area contributed by atoms with Crippen LogP contribution in [0.25, 0.3) is 11.0 Å². The zero-order chi connectivity index (χ0) is 23.9. The van der Waals surface area contributed by atoms with E-state index in [9.17, 15) is 19.2 Å². The van der Waals surface area contributed by atoms with Gasteiger partial charge in [0.1, 0.15) is 12.2 Å². The fourth-order valence-electron chi connectivity index (χ4n) is 5.07. The summed E-state index contributed by atoms with van der Waals surface area (Å²) in [5.41, 5.74) is 0.743. The van der Waals surface area contributed by atoms with Crippen LogP contribution in [-0.4, -0.2) is 62.3 Å². The number of nitrogens with zero attached hydrogens (tertiary/aromatic N) is 4. The highest BCUT2D eigenvalue weighted by atomic mass is 16.5. The molecule has 2 fully saturated rings. The zero-order valence-electron chi connectivity index (χ0n) is 19.5. The van der Waals surface area contributed by atoms with Crippen LogP contribution in [0.15, 0.2) is 18.3 Å². The Bertz CT molecular complexity index is 1110. The molecule has 1 saturated carbocycles. The van der Waals surface area contributed by atoms with Crippen LogP contribution in [0.5, 0.6) is 0 Å². The van der Waals surface area contributed by atoms with E-state index in [2.05, 4.69) is 10.1 Å². The van der Waals surface area contributed by atoms with E-state index >= 15 is 0 Å². The third kappa shape index (κ3) is 4.54. The van der Waals surface area contributed by atoms with Gasteiger partial charge in [-0.1, -0.05) is 13.8 Å². The summed E-state index contributed by atoms with van der Waals surface area (Å²) in [6.45, 7) is 5.33. The molecule has 0 N–H and O–H groups in total. The van der Waals surface area contributed by atoms with Crippen molar-refractivity contribution in [1.29, 1.82) is 0 Å². The first-order valence-electron chi connectivity index (χ1n) is 11.4. The van der Waals surface area contributed by atoms with Gasteiger partial charge in [0, 0.05) is 25.6 Å². The van der Waals surface area contributed by atoms with Gasteiger partial charge in [0.2, 0.25) is 5.91 Å². The first-order chi connectivity index (χ1) is 15.7. The summed E-state index contributed by atoms with van der Waals surface area (Å²) in [6, 6.07) is 2.99. The van der Waals surface area contributed by atoms with Crippen molar-refractivity contribution in [3.05, 3.63) is 24.0 Å². The topological polar surface area (TPSA) is 111 Å². The molecule has 33 heavy (non-hydrogen) atoms. The third-order valence-corrected chi connectivity index (χ3v) is 6.63. The molecule has 2 aromatic rings. The van der Waals surface area contributed by atoms with Gasteiger partial charge in [0.25, 0.3) is 0 Å². The minimum atomic E-state index is -0.539. The number of aromatic nitrogens is 3. The molecule has 2 aliphatic rings. The fourth-order valence-corrected chi connectivity index (χ4v) is 5.07. The van der Waals surface area contributed by atoms with Gasteiger partial charge in [-0.2, -0.15) is 5.10 Å². The van der Waals surface area contributed by atoms with Gasteiger partial charge in [0.05, 0.1) is 24.5 Å². The number of ketones is 2. The largest absolute Gasteiger partial charge is 0.469 e. The molecule has 4 rings (SSSR count). The monoisotopic (exact) mass is 454 g/mol. The molecule has 1 aliphatic carbocycles. The van der Waals surface area contributed by atoms with Crippen molar-refractivity contribution in [2.45, 2.75) is 65.1 Å². The van der Waals surface area contributed by atoms with Crippen molar-refractivity contribution in [3.8, 4) is 0 Å². The lowest BCUT2D eigenvalue weighted by Crippen LogP contribution is -2.45. The van der Waals surface area contributed by atoms with Gasteiger partial charge in [-0.15, -0.1) is 0 Å². The molecule has 0 unspecified atom stereocenters. The van der Waals surface area contributed by atoms with E-state index < -0.39 is 12.0 Å². The van der Waals surface area contributed by atoms with Crippen LogP contribution in [0.4, 0.5) is 0 Å². The highest BCUT2D eigenvalue weighted by Crippen LogP contribution is 2.48. The Hall–Kier alpha value is -3.10. The molecule has 1 aliphatic heterocycles. The quantitative estimate of drug-likeness (QED) is 0.422. The Labute approximate surface area is 192 Å². The van der Waals surface area contributed by atoms with Crippen molar-refractivity contribution < 1.29 is 23.9 Å². The molecule has 2 aromatic heterocycles. The maximum atomic E-state index is 13.4. The Kier molecular flexibility index (Phi) is 6.32. The number of ether oxygens (including phenoxy) is 1. The summed E-state index contributed by atoms with van der Waals surface area (Å²) in [6.07, 6.45) is 3.74. The van der Waals surface area contributed by atoms with E-state index in [-0.39, 0.29) is 54.1 Å². The van der Waals surface area contributed by atoms with Gasteiger partial charge in [-0.25, -0.2) is 9.67 Å². The number of piperidine rings is 1. The predicted octanol–water partition coefficient (Wildman–Crippen LogP) is 2.42. The number of rotatable bonds is 9. The number of fused-ring (bicyclic) bond motifs is 2. The average molecular weight is 455 g/mol. The number of hydrogen-bond donors (Lipinski definition) is 0. The zero-order valence-corrected chi connectivity index (χ0v) is 19.5. The molecule has 0 radical (unpaired) electrons. The lowest BCUT2D eigenvalue weighted by molar-refractivity contribution is -0.148. The third-order valence-electron chi connectivity index (χ3n) is 6.63. The minimum Gasteiger partial charge on any atom is -0.469 e. The van der Waals surface area contributed by atoms with Gasteiger partial charge in [-0.05, 0) is 43.2 Å². The Morgan fingerprint density at radius 1 is 1.21 bits per heavy atom. The number of Topliss-reactive ketones (excluding diaryl/α,β-unsaturated/α-hetero) is 2. The highest BCUT2D eigenvalue weighted by Gasteiger charge is 2.56. The van der Waals surface area contributed by atoms with Crippen molar-refractivity contribution in [2.24, 2.45) is 17.8 Å². The van der Waals surface area contributed by atoms with Gasteiger partial charge in [-0.3, -0.25) is 19.2 Å². The van der Waals surface area contributed by atoms with Crippen molar-refractivity contribution >= 4 is 34.5 Å². The smallest absolute Gasteiger partial charge is 0.309 e. The van der Waals surface area contributed by atoms with Crippen LogP contribution in [0, 0.1) is 17.8 Å². The molecule has 1 saturated heterocycles. The minimum absolute atomic E-state index is 0.0511. The van der Waals surface area contributed by atoms with Crippen molar-refractivity contribution in [3.63, 3.8) is 0 Å². The number of amides is 1. The summed E-state index contributed by atoms with van der Waals surface area (Å²) in [7, 11) is 1.33. The number of esters is 1. The normalized spacial score (nSPS) is 22.3. The predicted molar refractivity (Wildman–Crippen MR) is 119 cm³/mol. The molecule has 9 heteroatoms. The van der Waals surface area contributed by atoms with Crippen LogP contribution in [0.3, 0.4) is 0 Å². The van der Waals surface area contributed by atoms with E-state index in [1.165, 1.54) is 18.7 Å². The second-order valence-electron chi connectivity index (χ2n) is 9.57. The summed E-state index contributed by atoms with van der Waals surface area (Å²) < 4.78 is 6.35. The van der Waals surface area contributed by atoms with E-state index in [0.29, 0.717) is 29.8 Å². The number of methoxy groups -OCH3 is 1. The van der Waals surface area contributed by atoms with Gasteiger partial charge >= 0.3 is 5.97 Å². The number of carbonyl (C=O) groups is 4. The number of likely N-dealkylation sites (tertiary alicyclic amines) is 1. The molecule has 0 aromatic carbocycles. The Morgan fingerprint density at radius 2 is 1.97 bits per heavy atom. The average Bonchev–Trinajstić information content (AvgIpc) is 3.27. The molecule has 0 bridgehead atoms. The van der Waals surface area contributed by atoms with E-state index in [1.807, 2.05) is 13.8 Å². The molecule has 3 heterocycles. The lowest BCUT2D eigenvalue weighted by Gasteiger charge is -2.28. The summed E-state index contributed by atoms with van der Waals surface area (Å²) in [5, 5.41) is 4.94. The molecule has 176 valence electrons. The maximum Gasteiger partial charge on any atom is 0.309 e. The van der Waals surface area contributed by atoms with E-state index in [4.69, 9.17) is 4.74 Å². The van der Waals surface area contributed by atoms with Crippen molar-refractivity contribution in [1.82, 2.24) is 19.7 Å². The lowest BCUT2D eigenvalue weighted by atomic mass is 9.89. The second kappa shape index (κ2) is 9.03.